The Morgan fingerprint density at radius 3 is 2.50 bits per heavy atom. The minimum Gasteiger partial charge on any atom is -0.330 e. The van der Waals surface area contributed by atoms with Crippen molar-refractivity contribution in [2.75, 3.05) is 6.54 Å². The summed E-state index contributed by atoms with van der Waals surface area (Å²) in [6.45, 7) is 12.1. The van der Waals surface area contributed by atoms with Crippen molar-refractivity contribution in [1.29, 1.82) is 0 Å². The Balaban J connectivity index is 2.77. The van der Waals surface area contributed by atoms with Crippen molar-refractivity contribution in [3.8, 4) is 0 Å². The molecule has 0 saturated carbocycles. The monoisotopic (exact) mass is 223 g/mol. The van der Waals surface area contributed by atoms with Crippen molar-refractivity contribution >= 4 is 0 Å². The lowest BCUT2D eigenvalue weighted by atomic mass is 10.0. The molecule has 92 valence electrons. The van der Waals surface area contributed by atoms with Gasteiger partial charge < -0.3 is 9.88 Å². The third-order valence-corrected chi connectivity index (χ3v) is 2.93. The quantitative estimate of drug-likeness (QED) is 0.803. The maximum Gasteiger partial charge on any atom is 0.108 e. The zero-order valence-corrected chi connectivity index (χ0v) is 11.2. The molecule has 0 fully saturated rings. The number of hydrogen-bond donors (Lipinski definition) is 1. The van der Waals surface area contributed by atoms with Crippen molar-refractivity contribution < 1.29 is 0 Å². The summed E-state index contributed by atoms with van der Waals surface area (Å²) in [5.41, 5.74) is 0. The molecule has 0 spiro atoms. The van der Waals surface area contributed by atoms with E-state index in [0.29, 0.717) is 18.0 Å². The van der Waals surface area contributed by atoms with Crippen molar-refractivity contribution in [3.05, 3.63) is 18.2 Å². The first-order valence-electron chi connectivity index (χ1n) is 6.31. The molecule has 0 amide bonds. The molecule has 1 N–H and O–H groups in total. The van der Waals surface area contributed by atoms with Crippen LogP contribution in [0.15, 0.2) is 12.4 Å². The van der Waals surface area contributed by atoms with E-state index in [4.69, 9.17) is 0 Å². The smallest absolute Gasteiger partial charge is 0.108 e. The summed E-state index contributed by atoms with van der Waals surface area (Å²) in [6.07, 6.45) is 5.01. The summed E-state index contributed by atoms with van der Waals surface area (Å²) in [4.78, 5) is 4.40. The fourth-order valence-electron chi connectivity index (χ4n) is 1.93. The molecule has 3 heteroatoms. The van der Waals surface area contributed by atoms with Gasteiger partial charge in [-0.3, -0.25) is 0 Å². The van der Waals surface area contributed by atoms with Crippen LogP contribution in [-0.4, -0.2) is 22.1 Å². The maximum absolute atomic E-state index is 4.40. The number of nitrogens with one attached hydrogen (secondary N) is 1. The number of aryl methyl sites for hydroxylation is 1. The zero-order valence-electron chi connectivity index (χ0n) is 11.2. The van der Waals surface area contributed by atoms with E-state index in [1.165, 1.54) is 5.82 Å². The molecule has 0 aromatic carbocycles. The minimum absolute atomic E-state index is 0.500. The summed E-state index contributed by atoms with van der Waals surface area (Å²) in [6, 6.07) is 1.04. The predicted octanol–water partition coefficient (Wildman–Crippen LogP) is 2.64. The molecular formula is C13H25N3. The summed E-state index contributed by atoms with van der Waals surface area (Å²) in [5.74, 6) is 1.80. The number of rotatable bonds is 6. The highest BCUT2D eigenvalue weighted by atomic mass is 15.1. The van der Waals surface area contributed by atoms with Gasteiger partial charge in [0.25, 0.3) is 0 Å². The van der Waals surface area contributed by atoms with Gasteiger partial charge in [0, 0.05) is 37.4 Å². The topological polar surface area (TPSA) is 29.9 Å². The summed E-state index contributed by atoms with van der Waals surface area (Å²) in [5, 5.41) is 3.52. The Kier molecular flexibility index (Phi) is 5.00. The average Bonchev–Trinajstić information content (AvgIpc) is 2.65. The fraction of sp³-hybridized carbons (Fsp3) is 0.769. The van der Waals surface area contributed by atoms with Gasteiger partial charge in [0.05, 0.1) is 0 Å². The van der Waals surface area contributed by atoms with Gasteiger partial charge in [0.15, 0.2) is 0 Å². The summed E-state index contributed by atoms with van der Waals surface area (Å²) >= 11 is 0. The minimum atomic E-state index is 0.500. The third-order valence-electron chi connectivity index (χ3n) is 2.93. The molecular weight excluding hydrogens is 198 g/mol. The number of nitrogens with zero attached hydrogens (tertiary/aromatic N) is 2. The van der Waals surface area contributed by atoms with Gasteiger partial charge in [-0.2, -0.15) is 0 Å². The lowest BCUT2D eigenvalue weighted by molar-refractivity contribution is 0.339. The number of hydrogen-bond acceptors (Lipinski definition) is 2. The predicted molar refractivity (Wildman–Crippen MR) is 68.6 cm³/mol. The van der Waals surface area contributed by atoms with E-state index < -0.39 is 0 Å². The van der Waals surface area contributed by atoms with Crippen LogP contribution in [0.4, 0.5) is 0 Å². The van der Waals surface area contributed by atoms with Gasteiger partial charge in [-0.1, -0.05) is 34.6 Å². The van der Waals surface area contributed by atoms with Crippen LogP contribution < -0.4 is 5.32 Å². The molecule has 1 atom stereocenters. The largest absolute Gasteiger partial charge is 0.330 e. The van der Waals surface area contributed by atoms with Crippen LogP contribution in [-0.2, 0) is 6.42 Å². The van der Waals surface area contributed by atoms with Crippen LogP contribution in [0.2, 0.25) is 0 Å². The Hall–Kier alpha value is -0.830. The third kappa shape index (κ3) is 3.34. The molecule has 0 aliphatic heterocycles. The van der Waals surface area contributed by atoms with Gasteiger partial charge in [-0.15, -0.1) is 0 Å². The first-order chi connectivity index (χ1) is 7.56. The highest BCUT2D eigenvalue weighted by Crippen LogP contribution is 2.19. The van der Waals surface area contributed by atoms with Crippen LogP contribution in [0, 0.1) is 5.92 Å². The Morgan fingerprint density at radius 1 is 1.31 bits per heavy atom. The van der Waals surface area contributed by atoms with Crippen molar-refractivity contribution in [3.63, 3.8) is 0 Å². The fourth-order valence-corrected chi connectivity index (χ4v) is 1.93. The van der Waals surface area contributed by atoms with E-state index in [0.717, 1.165) is 13.0 Å². The molecule has 16 heavy (non-hydrogen) atoms. The van der Waals surface area contributed by atoms with Crippen LogP contribution in [0.5, 0.6) is 0 Å². The van der Waals surface area contributed by atoms with Crippen LogP contribution in [0.25, 0.3) is 0 Å². The summed E-state index contributed by atoms with van der Waals surface area (Å²) < 4.78 is 2.32. The van der Waals surface area contributed by atoms with Gasteiger partial charge in [-0.25, -0.2) is 4.98 Å². The van der Waals surface area contributed by atoms with E-state index >= 15 is 0 Å². The lowest BCUT2D eigenvalue weighted by Gasteiger charge is -2.25. The molecule has 1 aromatic heterocycles. The van der Waals surface area contributed by atoms with E-state index in [1.54, 1.807) is 0 Å². The van der Waals surface area contributed by atoms with E-state index in [-0.39, 0.29) is 0 Å². The molecule has 1 heterocycles. The SMILES string of the molecule is CCc1nccn1C(CNC(C)C)C(C)C. The van der Waals surface area contributed by atoms with Crippen LogP contribution in [0.3, 0.4) is 0 Å². The normalized spacial score (nSPS) is 13.7. The van der Waals surface area contributed by atoms with E-state index in [1.807, 2.05) is 6.20 Å². The van der Waals surface area contributed by atoms with E-state index in [2.05, 4.69) is 55.7 Å². The molecule has 0 aliphatic carbocycles. The maximum atomic E-state index is 4.40. The molecule has 1 unspecified atom stereocenters. The highest BCUT2D eigenvalue weighted by Gasteiger charge is 2.17. The second-order valence-electron chi connectivity index (χ2n) is 4.98. The first-order valence-corrected chi connectivity index (χ1v) is 6.31. The summed E-state index contributed by atoms with van der Waals surface area (Å²) in [7, 11) is 0. The van der Waals surface area contributed by atoms with Crippen molar-refractivity contribution in [2.24, 2.45) is 5.92 Å². The van der Waals surface area contributed by atoms with Crippen molar-refractivity contribution in [1.82, 2.24) is 14.9 Å². The molecule has 3 nitrogen and oxygen atoms in total. The van der Waals surface area contributed by atoms with Crippen LogP contribution >= 0.6 is 0 Å². The Labute approximate surface area is 99.3 Å². The number of imidazole rings is 1. The van der Waals surface area contributed by atoms with Crippen molar-refractivity contribution in [2.45, 2.75) is 53.1 Å². The van der Waals surface area contributed by atoms with Gasteiger partial charge in [-0.05, 0) is 5.92 Å². The first kappa shape index (κ1) is 13.2. The van der Waals surface area contributed by atoms with Crippen LogP contribution in [0.1, 0.15) is 46.5 Å². The second kappa shape index (κ2) is 6.04. The zero-order chi connectivity index (χ0) is 12.1. The van der Waals surface area contributed by atoms with Gasteiger partial charge in [0.2, 0.25) is 0 Å². The molecule has 0 radical (unpaired) electrons. The molecule has 1 aromatic rings. The molecule has 1 rings (SSSR count). The van der Waals surface area contributed by atoms with E-state index in [9.17, 15) is 0 Å². The standard InChI is InChI=1S/C13H25N3/c1-6-13-14-7-8-16(13)12(10(2)3)9-15-11(4)5/h7-8,10-12,15H,6,9H2,1-5H3. The highest BCUT2D eigenvalue weighted by molar-refractivity contribution is 4.96. The average molecular weight is 223 g/mol. The second-order valence-corrected chi connectivity index (χ2v) is 4.98. The molecule has 0 bridgehead atoms. The molecule has 0 aliphatic rings. The van der Waals surface area contributed by atoms with Gasteiger partial charge in [0.1, 0.15) is 5.82 Å². The Morgan fingerprint density at radius 2 is 2.00 bits per heavy atom. The lowest BCUT2D eigenvalue weighted by Crippen LogP contribution is -2.33. The van der Waals surface area contributed by atoms with Gasteiger partial charge >= 0.3 is 0 Å². The Bertz CT molecular complexity index is 302. The molecule has 0 saturated heterocycles. The number of aromatic nitrogens is 2.